The Kier molecular flexibility index (Phi) is 14.8. The number of carbonyl (C=O) groups excluding carboxylic acids is 1. The number of ether oxygens (including phenoxy) is 7. The van der Waals surface area contributed by atoms with Gasteiger partial charge in [0.25, 0.3) is 0 Å². The third-order valence-electron chi connectivity index (χ3n) is 11.4. The predicted octanol–water partition coefficient (Wildman–Crippen LogP) is -2.28. The standard InChI is InChI=1S/C43H48O23/c1-59-23-10-17(5-8-19(23)48)22-11-20(49)29-24(60-22)12-21(50)30(34(29)55)38-41(64-28(51)9-4-16-2-6-18(47)7-3-16)39(33(54)27(15-46)61-38)65-43-40(36(57)32(53)26(14-45)63-43)66-42-37(58)35(56)31(52)25(13-44)62-42/h2-12,25-27,31-33,35-48,50,52-58H,13-15H2,1H3/b9-4+/t25-,26+,27-,31-,32+,33+,35+,36-,37+,38+,39-,40+,41-,42+,43-/m1/s1. The summed E-state index contributed by atoms with van der Waals surface area (Å²) in [6, 6.07) is 11.5. The normalized spacial score (nSPS) is 32.7. The van der Waals surface area contributed by atoms with Crippen molar-refractivity contribution in [1.29, 1.82) is 0 Å². The molecule has 4 aromatic rings. The van der Waals surface area contributed by atoms with E-state index in [2.05, 4.69) is 0 Å². The molecule has 0 amide bonds. The third-order valence-corrected chi connectivity index (χ3v) is 11.4. The highest BCUT2D eigenvalue weighted by Crippen LogP contribution is 2.47. The van der Waals surface area contributed by atoms with Gasteiger partial charge in [0.1, 0.15) is 107 Å². The summed E-state index contributed by atoms with van der Waals surface area (Å²) >= 11 is 0. The first kappa shape index (κ1) is 48.5. The zero-order chi connectivity index (χ0) is 47.7. The average molecular weight is 933 g/mol. The molecule has 4 heterocycles. The Morgan fingerprint density at radius 2 is 1.29 bits per heavy atom. The van der Waals surface area contributed by atoms with E-state index in [4.69, 9.17) is 37.6 Å². The second-order valence-electron chi connectivity index (χ2n) is 15.6. The quantitative estimate of drug-likeness (QED) is 0.0496. The lowest BCUT2D eigenvalue weighted by Gasteiger charge is -2.49. The number of methoxy groups -OCH3 is 1. The van der Waals surface area contributed by atoms with Crippen LogP contribution in [-0.4, -0.2) is 185 Å². The summed E-state index contributed by atoms with van der Waals surface area (Å²) < 4.78 is 45.9. The minimum absolute atomic E-state index is 0.0320. The van der Waals surface area contributed by atoms with E-state index in [1.54, 1.807) is 0 Å². The smallest absolute Gasteiger partial charge is 0.331 e. The Bertz CT molecular complexity index is 2420. The molecule has 23 nitrogen and oxygen atoms in total. The maximum Gasteiger partial charge on any atom is 0.331 e. The average Bonchev–Trinajstić information content (AvgIpc) is 3.29. The van der Waals surface area contributed by atoms with E-state index in [9.17, 15) is 76.0 Å². The van der Waals surface area contributed by atoms with Gasteiger partial charge in [-0.15, -0.1) is 0 Å². The van der Waals surface area contributed by atoms with E-state index >= 15 is 0 Å². The molecule has 0 bridgehead atoms. The minimum Gasteiger partial charge on any atom is -0.508 e. The fourth-order valence-electron chi connectivity index (χ4n) is 7.88. The number of aliphatic hydroxyl groups is 9. The molecule has 13 N–H and O–H groups in total. The summed E-state index contributed by atoms with van der Waals surface area (Å²) in [6.07, 6.45) is -26.9. The van der Waals surface area contributed by atoms with Gasteiger partial charge in [0.15, 0.2) is 35.6 Å². The lowest BCUT2D eigenvalue weighted by atomic mass is 9.88. The van der Waals surface area contributed by atoms with Crippen LogP contribution in [0.5, 0.6) is 28.7 Å². The Balaban J connectivity index is 1.31. The molecule has 3 fully saturated rings. The maximum absolute atomic E-state index is 13.8. The summed E-state index contributed by atoms with van der Waals surface area (Å²) in [5.41, 5.74) is -1.27. The van der Waals surface area contributed by atoms with Gasteiger partial charge in [0, 0.05) is 23.8 Å². The van der Waals surface area contributed by atoms with Crippen LogP contribution in [0, 0.1) is 0 Å². The molecule has 0 saturated carbocycles. The van der Waals surface area contributed by atoms with Crippen molar-refractivity contribution in [2.75, 3.05) is 26.9 Å². The van der Waals surface area contributed by atoms with E-state index in [0.717, 1.165) is 18.2 Å². The van der Waals surface area contributed by atoms with Crippen molar-refractivity contribution < 1.29 is 109 Å². The van der Waals surface area contributed by atoms with Gasteiger partial charge >= 0.3 is 5.97 Å². The summed E-state index contributed by atoms with van der Waals surface area (Å²) in [5, 5.41) is 138. The van der Waals surface area contributed by atoms with Crippen LogP contribution in [-0.2, 0) is 33.2 Å². The van der Waals surface area contributed by atoms with Gasteiger partial charge in [-0.25, -0.2) is 4.79 Å². The van der Waals surface area contributed by atoms with Gasteiger partial charge in [-0.2, -0.15) is 0 Å². The number of esters is 1. The fourth-order valence-corrected chi connectivity index (χ4v) is 7.88. The van der Waals surface area contributed by atoms with Gasteiger partial charge < -0.3 is 104 Å². The maximum atomic E-state index is 13.8. The van der Waals surface area contributed by atoms with Crippen LogP contribution in [0.3, 0.4) is 0 Å². The monoisotopic (exact) mass is 932 g/mol. The largest absolute Gasteiger partial charge is 0.508 e. The number of rotatable bonds is 13. The first-order valence-corrected chi connectivity index (χ1v) is 20.3. The fraction of sp³-hybridized carbons (Fsp3) is 0.442. The Labute approximate surface area is 372 Å². The number of carbonyl (C=O) groups is 1. The van der Waals surface area contributed by atoms with E-state index in [1.807, 2.05) is 0 Å². The van der Waals surface area contributed by atoms with E-state index < -0.39 is 146 Å². The van der Waals surface area contributed by atoms with Crippen molar-refractivity contribution in [3.05, 3.63) is 82.0 Å². The molecular weight excluding hydrogens is 884 g/mol. The Hall–Kier alpha value is -5.48. The van der Waals surface area contributed by atoms with Crippen molar-refractivity contribution in [2.24, 2.45) is 0 Å². The van der Waals surface area contributed by atoms with Crippen molar-refractivity contribution in [1.82, 2.24) is 0 Å². The Morgan fingerprint density at radius 1 is 0.667 bits per heavy atom. The van der Waals surface area contributed by atoms with Crippen molar-refractivity contribution in [3.63, 3.8) is 0 Å². The van der Waals surface area contributed by atoms with E-state index in [1.165, 1.54) is 55.7 Å². The summed E-state index contributed by atoms with van der Waals surface area (Å²) in [4.78, 5) is 27.5. The SMILES string of the molecule is COc1cc(-c2cc(=O)c3c(O)c([C@@H]4O[C@H](CO)[C@H](O)[C@@H](O[C@H]5O[C@@H](CO)[C@H](O)[C@@H](O)[C@@H]5O[C@@H]5O[C@H](CO)[C@@H](O)[C@H](O)[C@@H]5O)[C@@H]4OC(=O)/C=C/c4ccc(O)cc4)c(O)cc3o2)ccc1O. The number of hydrogen-bond acceptors (Lipinski definition) is 23. The highest BCUT2D eigenvalue weighted by atomic mass is 16.8. The number of benzene rings is 3. The molecule has 3 aromatic carbocycles. The lowest BCUT2D eigenvalue weighted by molar-refractivity contribution is -0.382. The molecule has 15 atom stereocenters. The summed E-state index contributed by atoms with van der Waals surface area (Å²) in [5.74, 6) is -3.38. The highest BCUT2D eigenvalue weighted by Gasteiger charge is 2.56. The molecule has 358 valence electrons. The third kappa shape index (κ3) is 9.53. The number of aromatic hydroxyl groups is 4. The molecule has 7 rings (SSSR count). The molecule has 0 spiro atoms. The molecule has 0 aliphatic carbocycles. The number of hydrogen-bond donors (Lipinski definition) is 13. The Morgan fingerprint density at radius 3 is 1.94 bits per heavy atom. The zero-order valence-corrected chi connectivity index (χ0v) is 34.5. The molecular formula is C43H48O23. The minimum atomic E-state index is -2.11. The molecule has 66 heavy (non-hydrogen) atoms. The molecule has 0 unspecified atom stereocenters. The van der Waals surface area contributed by atoms with Crippen LogP contribution < -0.4 is 10.2 Å². The first-order valence-electron chi connectivity index (χ1n) is 20.3. The van der Waals surface area contributed by atoms with Gasteiger partial charge in [-0.1, -0.05) is 12.1 Å². The van der Waals surface area contributed by atoms with Gasteiger partial charge in [0.05, 0.1) is 32.5 Å². The summed E-state index contributed by atoms with van der Waals surface area (Å²) in [6.45, 7) is -2.87. The van der Waals surface area contributed by atoms with Crippen LogP contribution in [0.25, 0.3) is 28.4 Å². The van der Waals surface area contributed by atoms with Crippen LogP contribution in [0.1, 0.15) is 17.2 Å². The lowest BCUT2D eigenvalue weighted by Crippen LogP contribution is -2.66. The molecule has 3 saturated heterocycles. The number of fused-ring (bicyclic) bond motifs is 1. The van der Waals surface area contributed by atoms with Crippen molar-refractivity contribution in [3.8, 4) is 40.1 Å². The van der Waals surface area contributed by atoms with Crippen LogP contribution >= 0.6 is 0 Å². The second kappa shape index (κ2) is 20.2. The van der Waals surface area contributed by atoms with E-state index in [0.29, 0.717) is 5.56 Å². The summed E-state index contributed by atoms with van der Waals surface area (Å²) in [7, 11) is 1.30. The number of phenols is 4. The molecule has 0 radical (unpaired) electrons. The van der Waals surface area contributed by atoms with Crippen molar-refractivity contribution in [2.45, 2.75) is 91.9 Å². The van der Waals surface area contributed by atoms with Gasteiger partial charge in [0.2, 0.25) is 0 Å². The molecule has 3 aliphatic rings. The predicted molar refractivity (Wildman–Crippen MR) is 218 cm³/mol. The van der Waals surface area contributed by atoms with Gasteiger partial charge in [-0.05, 0) is 42.0 Å². The van der Waals surface area contributed by atoms with Crippen LogP contribution in [0.2, 0.25) is 0 Å². The van der Waals surface area contributed by atoms with Crippen LogP contribution in [0.4, 0.5) is 0 Å². The van der Waals surface area contributed by atoms with Crippen LogP contribution in [0.15, 0.2) is 69.9 Å². The molecule has 3 aliphatic heterocycles. The number of phenolic OH excluding ortho intramolecular Hbond substituents is 4. The molecule has 23 heteroatoms. The van der Waals surface area contributed by atoms with Gasteiger partial charge in [-0.3, -0.25) is 4.79 Å². The zero-order valence-electron chi connectivity index (χ0n) is 34.5. The number of aliphatic hydroxyl groups excluding tert-OH is 9. The first-order chi connectivity index (χ1) is 31.5. The molecule has 1 aromatic heterocycles. The van der Waals surface area contributed by atoms with Crippen molar-refractivity contribution >= 4 is 23.0 Å². The topological polar surface area (TPSA) is 375 Å². The second-order valence-corrected chi connectivity index (χ2v) is 15.6. The van der Waals surface area contributed by atoms with E-state index in [-0.39, 0.29) is 34.2 Å². The highest BCUT2D eigenvalue weighted by molar-refractivity contribution is 5.89.